The Morgan fingerprint density at radius 3 is 2.22 bits per heavy atom. The van der Waals surface area contributed by atoms with Crippen LogP contribution >= 0.6 is 12.2 Å². The van der Waals surface area contributed by atoms with Crippen LogP contribution < -0.4 is 16.4 Å². The van der Waals surface area contributed by atoms with E-state index in [2.05, 4.69) is 10.6 Å². The third kappa shape index (κ3) is 6.52. The number of rotatable bonds is 4. The molecule has 0 aliphatic heterocycles. The average Bonchev–Trinajstić information content (AvgIpc) is 2.42. The average molecular weight is 339 g/mol. The number of nitrogens with one attached hydrogen (secondary N) is 2. The van der Waals surface area contributed by atoms with Gasteiger partial charge in [-0.05, 0) is 50.7 Å². The van der Waals surface area contributed by atoms with E-state index in [1.165, 1.54) is 7.11 Å². The number of ether oxygens (including phenoxy) is 2. The van der Waals surface area contributed by atoms with E-state index in [0.717, 1.165) is 0 Å². The largest absolute Gasteiger partial charge is 0.467 e. The fourth-order valence-corrected chi connectivity index (χ4v) is 1.84. The normalized spacial score (nSPS) is 12.0. The molecule has 0 aliphatic carbocycles. The first-order valence-corrected chi connectivity index (χ1v) is 7.27. The molecule has 0 fully saturated rings. The van der Waals surface area contributed by atoms with Crippen molar-refractivity contribution in [3.8, 4) is 0 Å². The standard InChI is InChI=1S/C15H21N3O4S/c1-15(2,3)22-14(20)18-11(12(19)21-4)9-5-7-10(8-6-9)17-13(16)23/h5-8,11H,1-4H3,(H,18,20)(H3,16,17,23)/t11-/m0/s1. The van der Waals surface area contributed by atoms with Gasteiger partial charge in [-0.15, -0.1) is 0 Å². The van der Waals surface area contributed by atoms with E-state index in [1.54, 1.807) is 45.0 Å². The molecule has 0 saturated heterocycles. The first-order valence-electron chi connectivity index (χ1n) is 6.86. The Labute approximate surface area is 140 Å². The molecule has 0 aliphatic rings. The molecule has 7 nitrogen and oxygen atoms in total. The molecule has 1 aromatic carbocycles. The van der Waals surface area contributed by atoms with E-state index in [4.69, 9.17) is 27.4 Å². The number of thiocarbonyl (C=S) groups is 1. The highest BCUT2D eigenvalue weighted by atomic mass is 32.1. The van der Waals surface area contributed by atoms with E-state index in [-0.39, 0.29) is 5.11 Å². The Hall–Kier alpha value is -2.35. The summed E-state index contributed by atoms with van der Waals surface area (Å²) in [5.74, 6) is -0.606. The highest BCUT2D eigenvalue weighted by Gasteiger charge is 2.26. The zero-order chi connectivity index (χ0) is 17.6. The minimum Gasteiger partial charge on any atom is -0.467 e. The molecule has 8 heteroatoms. The number of hydrogen-bond acceptors (Lipinski definition) is 5. The lowest BCUT2D eigenvalue weighted by Crippen LogP contribution is -2.38. The predicted octanol–water partition coefficient (Wildman–Crippen LogP) is 2.08. The van der Waals surface area contributed by atoms with Gasteiger partial charge in [0, 0.05) is 5.69 Å². The van der Waals surface area contributed by atoms with Gasteiger partial charge in [-0.1, -0.05) is 12.1 Å². The summed E-state index contributed by atoms with van der Waals surface area (Å²) in [5, 5.41) is 5.39. The summed E-state index contributed by atoms with van der Waals surface area (Å²) in [5.41, 5.74) is 5.92. The lowest BCUT2D eigenvalue weighted by Gasteiger charge is -2.23. The van der Waals surface area contributed by atoms with Crippen molar-refractivity contribution in [1.29, 1.82) is 0 Å². The number of methoxy groups -OCH3 is 1. The van der Waals surface area contributed by atoms with Gasteiger partial charge in [0.05, 0.1) is 7.11 Å². The van der Waals surface area contributed by atoms with Crippen LogP contribution in [0.4, 0.5) is 10.5 Å². The van der Waals surface area contributed by atoms with Gasteiger partial charge in [0.2, 0.25) is 0 Å². The zero-order valence-electron chi connectivity index (χ0n) is 13.5. The van der Waals surface area contributed by atoms with Gasteiger partial charge in [0.15, 0.2) is 11.2 Å². The van der Waals surface area contributed by atoms with E-state index in [9.17, 15) is 9.59 Å². The van der Waals surface area contributed by atoms with Crippen molar-refractivity contribution in [3.63, 3.8) is 0 Å². The second kappa shape index (κ2) is 7.77. The van der Waals surface area contributed by atoms with Gasteiger partial charge in [-0.3, -0.25) is 0 Å². The maximum atomic E-state index is 11.9. The molecule has 23 heavy (non-hydrogen) atoms. The SMILES string of the molecule is COC(=O)[C@@H](NC(=O)OC(C)(C)C)c1ccc(NC(N)=S)cc1. The maximum Gasteiger partial charge on any atom is 0.408 e. The van der Waals surface area contributed by atoms with Crippen molar-refractivity contribution in [2.24, 2.45) is 5.73 Å². The zero-order valence-corrected chi connectivity index (χ0v) is 14.3. The second-order valence-corrected chi connectivity index (χ2v) is 6.15. The molecule has 126 valence electrons. The van der Waals surface area contributed by atoms with Crippen LogP contribution in [-0.2, 0) is 14.3 Å². The van der Waals surface area contributed by atoms with Crippen LogP contribution in [0.2, 0.25) is 0 Å². The van der Waals surface area contributed by atoms with Gasteiger partial charge < -0.3 is 25.8 Å². The molecular weight excluding hydrogens is 318 g/mol. The molecule has 0 bridgehead atoms. The first-order chi connectivity index (χ1) is 10.6. The summed E-state index contributed by atoms with van der Waals surface area (Å²) in [6.07, 6.45) is -0.710. The minimum atomic E-state index is -0.978. The van der Waals surface area contributed by atoms with Gasteiger partial charge in [-0.25, -0.2) is 9.59 Å². The van der Waals surface area contributed by atoms with Crippen LogP contribution in [0.15, 0.2) is 24.3 Å². The van der Waals surface area contributed by atoms with E-state index < -0.39 is 23.7 Å². The summed E-state index contributed by atoms with van der Waals surface area (Å²) in [6.45, 7) is 5.20. The maximum absolute atomic E-state index is 11.9. The Morgan fingerprint density at radius 2 is 1.78 bits per heavy atom. The summed E-state index contributed by atoms with van der Waals surface area (Å²) in [4.78, 5) is 23.8. The van der Waals surface area contributed by atoms with Crippen molar-refractivity contribution in [3.05, 3.63) is 29.8 Å². The van der Waals surface area contributed by atoms with Crippen LogP contribution in [-0.4, -0.2) is 29.9 Å². The van der Waals surface area contributed by atoms with E-state index in [0.29, 0.717) is 11.3 Å². The molecule has 0 heterocycles. The lowest BCUT2D eigenvalue weighted by molar-refractivity contribution is -0.143. The van der Waals surface area contributed by atoms with Crippen LogP contribution in [0.5, 0.6) is 0 Å². The molecule has 0 radical (unpaired) electrons. The summed E-state index contributed by atoms with van der Waals surface area (Å²) in [7, 11) is 1.24. The monoisotopic (exact) mass is 339 g/mol. The third-order valence-corrected chi connectivity index (χ3v) is 2.71. The lowest BCUT2D eigenvalue weighted by atomic mass is 10.1. The van der Waals surface area contributed by atoms with Crippen molar-refractivity contribution >= 4 is 35.1 Å². The van der Waals surface area contributed by atoms with Crippen molar-refractivity contribution in [2.45, 2.75) is 32.4 Å². The van der Waals surface area contributed by atoms with Crippen molar-refractivity contribution < 1.29 is 19.1 Å². The molecule has 0 unspecified atom stereocenters. The van der Waals surface area contributed by atoms with Crippen molar-refractivity contribution in [2.75, 3.05) is 12.4 Å². The number of hydrogen-bond donors (Lipinski definition) is 3. The Bertz CT molecular complexity index is 581. The van der Waals surface area contributed by atoms with Crippen LogP contribution in [0.3, 0.4) is 0 Å². The molecule has 1 rings (SSSR count). The fraction of sp³-hybridized carbons (Fsp3) is 0.400. The highest BCUT2D eigenvalue weighted by Crippen LogP contribution is 2.19. The van der Waals surface area contributed by atoms with E-state index >= 15 is 0 Å². The number of benzene rings is 1. The Morgan fingerprint density at radius 1 is 1.22 bits per heavy atom. The number of nitrogens with two attached hydrogens (primary N) is 1. The number of alkyl carbamates (subject to hydrolysis) is 1. The van der Waals surface area contributed by atoms with Gasteiger partial charge >= 0.3 is 12.1 Å². The Kier molecular flexibility index (Phi) is 6.32. The molecule has 1 amide bonds. The third-order valence-electron chi connectivity index (χ3n) is 2.61. The number of esters is 1. The molecule has 0 spiro atoms. The van der Waals surface area contributed by atoms with Crippen molar-refractivity contribution in [1.82, 2.24) is 5.32 Å². The molecule has 1 aromatic rings. The quantitative estimate of drug-likeness (QED) is 0.570. The molecule has 0 saturated carbocycles. The number of amides is 1. The Balaban J connectivity index is 2.92. The molecular formula is C15H21N3O4S. The smallest absolute Gasteiger partial charge is 0.408 e. The van der Waals surface area contributed by atoms with E-state index in [1.807, 2.05) is 0 Å². The second-order valence-electron chi connectivity index (χ2n) is 5.71. The molecule has 0 aromatic heterocycles. The van der Waals surface area contributed by atoms with Gasteiger partial charge in [0.1, 0.15) is 5.60 Å². The number of carbonyl (C=O) groups is 2. The van der Waals surface area contributed by atoms with Gasteiger partial charge in [-0.2, -0.15) is 0 Å². The molecule has 1 atom stereocenters. The highest BCUT2D eigenvalue weighted by molar-refractivity contribution is 7.80. The van der Waals surface area contributed by atoms with Crippen LogP contribution in [0, 0.1) is 0 Å². The number of anilines is 1. The minimum absolute atomic E-state index is 0.133. The fourth-order valence-electron chi connectivity index (χ4n) is 1.72. The first kappa shape index (κ1) is 18.7. The predicted molar refractivity (Wildman–Crippen MR) is 91.0 cm³/mol. The summed E-state index contributed by atoms with van der Waals surface area (Å²) < 4.78 is 9.88. The summed E-state index contributed by atoms with van der Waals surface area (Å²) >= 11 is 4.75. The topological polar surface area (TPSA) is 103 Å². The number of carbonyl (C=O) groups excluding carboxylic acids is 2. The summed E-state index contributed by atoms with van der Waals surface area (Å²) in [6, 6.07) is 5.69. The van der Waals surface area contributed by atoms with Gasteiger partial charge in [0.25, 0.3) is 0 Å². The van der Waals surface area contributed by atoms with Crippen LogP contribution in [0.1, 0.15) is 32.4 Å². The van der Waals surface area contributed by atoms with Crippen LogP contribution in [0.25, 0.3) is 0 Å². The molecule has 4 N–H and O–H groups in total.